The number of rotatable bonds is 8. The van der Waals surface area contributed by atoms with Crippen molar-refractivity contribution < 1.29 is 0 Å². The summed E-state index contributed by atoms with van der Waals surface area (Å²) in [7, 11) is 0. The summed E-state index contributed by atoms with van der Waals surface area (Å²) < 4.78 is 2.44. The molecule has 0 atom stereocenters. The van der Waals surface area contributed by atoms with Crippen molar-refractivity contribution in [2.24, 2.45) is 0 Å². The molecule has 0 saturated heterocycles. The van der Waals surface area contributed by atoms with Gasteiger partial charge in [-0.1, -0.05) is 127 Å². The van der Waals surface area contributed by atoms with Crippen LogP contribution in [0.1, 0.15) is 0 Å². The van der Waals surface area contributed by atoms with E-state index in [2.05, 4.69) is 249 Å². The maximum atomic E-state index is 4.35. The third kappa shape index (κ3) is 6.08. The second-order valence-corrected chi connectivity index (χ2v) is 14.9. The topological polar surface area (TPSA) is 27.5 Å². The minimum atomic E-state index is 1.04. The molecule has 11 rings (SSSR count). The molecule has 1 aliphatic heterocycles. The fourth-order valence-corrected chi connectivity index (χ4v) is 8.66. The minimum Gasteiger partial charge on any atom is -0.310 e. The summed E-state index contributed by atoms with van der Waals surface area (Å²) in [6, 6.07) is 80.2. The Balaban J connectivity index is 1.11. The van der Waals surface area contributed by atoms with Crippen LogP contribution in [0, 0.1) is 0 Å². The van der Waals surface area contributed by atoms with E-state index in [9.17, 15) is 0 Å². The molecule has 0 unspecified atom stereocenters. The Hall–Kier alpha value is -8.15. The fraction of sp³-hybridized carbons (Fsp3) is 0. The Kier molecular flexibility index (Phi) is 8.75. The maximum absolute atomic E-state index is 4.35. The molecule has 284 valence electrons. The van der Waals surface area contributed by atoms with Gasteiger partial charge >= 0.3 is 0 Å². The zero-order chi connectivity index (χ0) is 39.8. The van der Waals surface area contributed by atoms with Gasteiger partial charge in [-0.15, -0.1) is 0 Å². The van der Waals surface area contributed by atoms with Gasteiger partial charge in [0.1, 0.15) is 5.82 Å². The van der Waals surface area contributed by atoms with Crippen molar-refractivity contribution in [3.63, 3.8) is 0 Å². The summed E-state index contributed by atoms with van der Waals surface area (Å²) in [5.41, 5.74) is 15.6. The SMILES string of the molecule is c1ccc(-c2ccc(N(c3ccncc3)c3cccc(-c4ccc5c6c(n(-c7ccccc7)c5c4)N(c4ccccc4)c4ccccc4N6c4ccccc4)c3)cc2)cc1. The Labute approximate surface area is 349 Å². The van der Waals surface area contributed by atoms with Crippen molar-refractivity contribution >= 4 is 62.2 Å². The lowest BCUT2D eigenvalue weighted by atomic mass is 10.0. The van der Waals surface area contributed by atoms with Crippen molar-refractivity contribution in [2.75, 3.05) is 14.7 Å². The van der Waals surface area contributed by atoms with E-state index in [1.807, 2.05) is 12.4 Å². The van der Waals surface area contributed by atoms with E-state index >= 15 is 0 Å². The first kappa shape index (κ1) is 35.0. The molecule has 0 bridgehead atoms. The van der Waals surface area contributed by atoms with Crippen LogP contribution < -0.4 is 14.7 Å². The number of benzene rings is 8. The zero-order valence-corrected chi connectivity index (χ0v) is 32.8. The van der Waals surface area contributed by atoms with Gasteiger partial charge in [0.05, 0.1) is 22.6 Å². The Morgan fingerprint density at radius 3 is 1.52 bits per heavy atom. The van der Waals surface area contributed by atoms with E-state index in [1.54, 1.807) is 0 Å². The molecule has 0 aliphatic carbocycles. The standard InChI is InChI=1S/C55H39N5/c1-5-16-40(17-6-1)41-28-31-47(32-29-41)57(48-34-36-56-37-35-48)49-25-15-18-42(38-49)43-30-33-50-53(39-43)60(46-23-11-4-12-24-46)55-54(50)58(44-19-7-2-8-20-44)51-26-13-14-27-52(51)59(55)45-21-9-3-10-22-45/h1-39H. The molecule has 8 aromatic carbocycles. The molecule has 60 heavy (non-hydrogen) atoms. The quantitative estimate of drug-likeness (QED) is 0.154. The van der Waals surface area contributed by atoms with Gasteiger partial charge in [-0.25, -0.2) is 0 Å². The Morgan fingerprint density at radius 1 is 0.350 bits per heavy atom. The molecular formula is C55H39N5. The molecule has 5 nitrogen and oxygen atoms in total. The van der Waals surface area contributed by atoms with Crippen LogP contribution in [-0.4, -0.2) is 9.55 Å². The average Bonchev–Trinajstić information content (AvgIpc) is 3.66. The Morgan fingerprint density at radius 2 is 0.850 bits per heavy atom. The minimum absolute atomic E-state index is 1.04. The van der Waals surface area contributed by atoms with Gasteiger partial charge in [0.15, 0.2) is 0 Å². The highest BCUT2D eigenvalue weighted by molar-refractivity contribution is 6.13. The Bertz CT molecular complexity index is 3080. The van der Waals surface area contributed by atoms with Gasteiger partial charge in [-0.3, -0.25) is 14.5 Å². The molecule has 0 saturated carbocycles. The summed E-state index contributed by atoms with van der Waals surface area (Å²) >= 11 is 0. The van der Waals surface area contributed by atoms with Crippen LogP contribution >= 0.6 is 0 Å². The maximum Gasteiger partial charge on any atom is 0.148 e. The molecule has 1 aliphatic rings. The predicted molar refractivity (Wildman–Crippen MR) is 250 cm³/mol. The first-order valence-corrected chi connectivity index (χ1v) is 20.3. The van der Waals surface area contributed by atoms with Crippen LogP contribution in [0.2, 0.25) is 0 Å². The summed E-state index contributed by atoms with van der Waals surface area (Å²) in [6.07, 6.45) is 3.71. The molecule has 0 amide bonds. The molecule has 0 N–H and O–H groups in total. The van der Waals surface area contributed by atoms with Gasteiger partial charge < -0.3 is 9.80 Å². The van der Waals surface area contributed by atoms with Crippen LogP contribution in [-0.2, 0) is 0 Å². The summed E-state index contributed by atoms with van der Waals surface area (Å²) in [4.78, 5) is 11.5. The molecule has 0 fully saturated rings. The summed E-state index contributed by atoms with van der Waals surface area (Å²) in [5, 5.41) is 1.16. The van der Waals surface area contributed by atoms with Crippen LogP contribution in [0.5, 0.6) is 0 Å². The monoisotopic (exact) mass is 769 g/mol. The van der Waals surface area contributed by atoms with Crippen molar-refractivity contribution in [1.29, 1.82) is 0 Å². The predicted octanol–water partition coefficient (Wildman–Crippen LogP) is 15.1. The molecule has 5 heteroatoms. The normalized spacial score (nSPS) is 11.9. The van der Waals surface area contributed by atoms with Crippen LogP contribution in [0.4, 0.5) is 51.3 Å². The fourth-order valence-electron chi connectivity index (χ4n) is 8.66. The molecule has 0 radical (unpaired) electrons. The lowest BCUT2D eigenvalue weighted by Gasteiger charge is -2.39. The second kappa shape index (κ2) is 15.0. The van der Waals surface area contributed by atoms with Gasteiger partial charge in [0.25, 0.3) is 0 Å². The highest BCUT2D eigenvalue weighted by Gasteiger charge is 2.36. The molecule has 2 aromatic heterocycles. The van der Waals surface area contributed by atoms with Gasteiger partial charge in [-0.2, -0.15) is 0 Å². The number of hydrogen-bond donors (Lipinski definition) is 0. The largest absolute Gasteiger partial charge is 0.310 e. The number of hydrogen-bond acceptors (Lipinski definition) is 4. The zero-order valence-electron chi connectivity index (χ0n) is 32.8. The number of anilines is 9. The van der Waals surface area contributed by atoms with E-state index in [-0.39, 0.29) is 0 Å². The van der Waals surface area contributed by atoms with E-state index in [0.29, 0.717) is 0 Å². The lowest BCUT2D eigenvalue weighted by molar-refractivity contribution is 1.05. The van der Waals surface area contributed by atoms with Crippen LogP contribution in [0.15, 0.2) is 237 Å². The number of para-hydroxylation sites is 5. The van der Waals surface area contributed by atoms with Crippen molar-refractivity contribution in [3.8, 4) is 27.9 Å². The van der Waals surface area contributed by atoms with Crippen LogP contribution in [0.25, 0.3) is 38.8 Å². The number of nitrogens with zero attached hydrogens (tertiary/aromatic N) is 5. The van der Waals surface area contributed by atoms with Gasteiger partial charge in [0, 0.05) is 51.9 Å². The van der Waals surface area contributed by atoms with Crippen molar-refractivity contribution in [2.45, 2.75) is 0 Å². The van der Waals surface area contributed by atoms with Crippen LogP contribution in [0.3, 0.4) is 0 Å². The smallest absolute Gasteiger partial charge is 0.148 e. The third-order valence-electron chi connectivity index (χ3n) is 11.4. The highest BCUT2D eigenvalue weighted by atomic mass is 15.3. The number of fused-ring (bicyclic) bond motifs is 4. The average molecular weight is 770 g/mol. The van der Waals surface area contributed by atoms with E-state index in [1.165, 1.54) is 11.1 Å². The van der Waals surface area contributed by atoms with Crippen molar-refractivity contribution in [3.05, 3.63) is 237 Å². The molecule has 0 spiro atoms. The molecule has 10 aromatic rings. The molecule has 3 heterocycles. The highest BCUT2D eigenvalue weighted by Crippen LogP contribution is 2.58. The number of aromatic nitrogens is 2. The lowest BCUT2D eigenvalue weighted by Crippen LogP contribution is -2.25. The first-order chi connectivity index (χ1) is 29.8. The number of pyridine rings is 1. The third-order valence-corrected chi connectivity index (χ3v) is 11.4. The summed E-state index contributed by atoms with van der Waals surface area (Å²) in [6.45, 7) is 0. The van der Waals surface area contributed by atoms with E-state index in [0.717, 1.165) is 79.0 Å². The van der Waals surface area contributed by atoms with Gasteiger partial charge in [-0.05, 0) is 119 Å². The van der Waals surface area contributed by atoms with Gasteiger partial charge in [0.2, 0.25) is 0 Å². The van der Waals surface area contributed by atoms with E-state index in [4.69, 9.17) is 0 Å². The second-order valence-electron chi connectivity index (χ2n) is 14.9. The first-order valence-electron chi connectivity index (χ1n) is 20.3. The molecular weight excluding hydrogens is 731 g/mol. The summed E-state index contributed by atoms with van der Waals surface area (Å²) in [5.74, 6) is 1.08. The van der Waals surface area contributed by atoms with Crippen molar-refractivity contribution in [1.82, 2.24) is 9.55 Å². The van der Waals surface area contributed by atoms with E-state index < -0.39 is 0 Å².